The van der Waals surface area contributed by atoms with Gasteiger partial charge in [-0.2, -0.15) is 0 Å². The van der Waals surface area contributed by atoms with Gasteiger partial charge < -0.3 is 16.3 Å². The lowest BCUT2D eigenvalue weighted by molar-refractivity contribution is 0.183. The first kappa shape index (κ1) is 9.85. The lowest BCUT2D eigenvalue weighted by atomic mass is 10.1. The summed E-state index contributed by atoms with van der Waals surface area (Å²) in [5.74, 6) is 7.03. The van der Waals surface area contributed by atoms with Gasteiger partial charge in [-0.15, -0.1) is 0 Å². The number of hydrogen-bond acceptors (Lipinski definition) is 4. The Morgan fingerprint density at radius 3 is 2.62 bits per heavy atom. The van der Waals surface area contributed by atoms with E-state index in [0.717, 1.165) is 11.5 Å². The van der Waals surface area contributed by atoms with Crippen LogP contribution in [-0.2, 0) is 4.74 Å². The van der Waals surface area contributed by atoms with Gasteiger partial charge in [0.05, 0.1) is 12.3 Å². The molecule has 74 valence electrons. The Hall–Kier alpha value is -1.23. The summed E-state index contributed by atoms with van der Waals surface area (Å²) in [5, 5.41) is 0. The average Bonchev–Trinajstić information content (AvgIpc) is 2.33. The van der Waals surface area contributed by atoms with Crippen LogP contribution in [0.1, 0.15) is 24.4 Å². The number of aryl methyl sites for hydroxylation is 1. The predicted octanol–water partition coefficient (Wildman–Crippen LogP) is 0.237. The minimum Gasteiger partial charge on any atom is -0.384 e. The molecule has 0 aliphatic carbocycles. The highest BCUT2D eigenvalue weighted by Gasteiger charge is 2.15. The summed E-state index contributed by atoms with van der Waals surface area (Å²) in [4.78, 5) is 4.26. The molecule has 0 saturated carbocycles. The van der Waals surface area contributed by atoms with E-state index >= 15 is 0 Å². The molecule has 0 aliphatic rings. The number of nitrogens with two attached hydrogens (primary N) is 2. The third kappa shape index (κ3) is 1.75. The van der Waals surface area contributed by atoms with E-state index in [2.05, 4.69) is 4.98 Å². The molecule has 1 aromatic heterocycles. The summed E-state index contributed by atoms with van der Waals surface area (Å²) in [6.45, 7) is 4.42. The number of rotatable bonds is 3. The fourth-order valence-corrected chi connectivity index (χ4v) is 1.27. The molecule has 0 radical (unpaired) electrons. The number of methoxy groups -OCH3 is 1. The van der Waals surface area contributed by atoms with Crippen LogP contribution < -0.4 is 11.6 Å². The van der Waals surface area contributed by atoms with Crippen LogP contribution in [0.4, 0.5) is 5.82 Å². The van der Waals surface area contributed by atoms with Gasteiger partial charge in [-0.1, -0.05) is 6.92 Å². The predicted molar refractivity (Wildman–Crippen MR) is 51.8 cm³/mol. The first-order chi connectivity index (χ1) is 6.07. The minimum atomic E-state index is 0.175. The first-order valence-electron chi connectivity index (χ1n) is 4.16. The minimum absolute atomic E-state index is 0.175. The molecule has 0 aliphatic heterocycles. The van der Waals surface area contributed by atoms with Crippen LogP contribution in [0.3, 0.4) is 0 Å². The largest absolute Gasteiger partial charge is 0.384 e. The van der Waals surface area contributed by atoms with Crippen molar-refractivity contribution in [2.75, 3.05) is 25.3 Å². The second-order valence-electron chi connectivity index (χ2n) is 3.16. The first-order valence-corrected chi connectivity index (χ1v) is 4.16. The van der Waals surface area contributed by atoms with Gasteiger partial charge in [0.2, 0.25) is 0 Å². The van der Waals surface area contributed by atoms with E-state index in [0.29, 0.717) is 12.4 Å². The fraction of sp³-hybridized carbons (Fsp3) is 0.625. The smallest absolute Gasteiger partial charge is 0.146 e. The van der Waals surface area contributed by atoms with Crippen LogP contribution in [0.15, 0.2) is 0 Å². The van der Waals surface area contributed by atoms with Crippen molar-refractivity contribution in [2.45, 2.75) is 19.8 Å². The molecule has 0 spiro atoms. The third-order valence-corrected chi connectivity index (χ3v) is 2.04. The highest BCUT2D eigenvalue weighted by Crippen LogP contribution is 2.20. The van der Waals surface area contributed by atoms with Crippen LogP contribution in [0.25, 0.3) is 0 Å². The van der Waals surface area contributed by atoms with E-state index in [1.54, 1.807) is 7.11 Å². The van der Waals surface area contributed by atoms with Gasteiger partial charge in [0, 0.05) is 13.0 Å². The SMILES string of the molecule is COCC(C)c1nc(C)n(N)c1N. The second kappa shape index (κ2) is 3.66. The molecule has 0 bridgehead atoms. The van der Waals surface area contributed by atoms with Crippen molar-refractivity contribution >= 4 is 5.82 Å². The van der Waals surface area contributed by atoms with Crippen LogP contribution in [0.2, 0.25) is 0 Å². The highest BCUT2D eigenvalue weighted by atomic mass is 16.5. The Balaban J connectivity index is 2.94. The zero-order valence-electron chi connectivity index (χ0n) is 8.24. The Bertz CT molecular complexity index is 295. The van der Waals surface area contributed by atoms with Gasteiger partial charge >= 0.3 is 0 Å². The number of nitrogens with zero attached hydrogens (tertiary/aromatic N) is 2. The number of anilines is 1. The van der Waals surface area contributed by atoms with Crippen molar-refractivity contribution in [3.63, 3.8) is 0 Å². The standard InChI is InChI=1S/C8H16N4O/c1-5(4-13-3)7-8(9)12(10)6(2)11-7/h5H,4,9-10H2,1-3H3. The molecule has 4 N–H and O–H groups in total. The third-order valence-electron chi connectivity index (χ3n) is 2.04. The maximum atomic E-state index is 5.75. The van der Waals surface area contributed by atoms with E-state index in [1.165, 1.54) is 4.68 Å². The van der Waals surface area contributed by atoms with Gasteiger partial charge in [-0.05, 0) is 6.92 Å². The molecule has 1 heterocycles. The number of nitrogen functional groups attached to an aromatic ring is 2. The molecule has 13 heavy (non-hydrogen) atoms. The molecule has 0 fully saturated rings. The Morgan fingerprint density at radius 1 is 1.62 bits per heavy atom. The Labute approximate surface area is 77.7 Å². The van der Waals surface area contributed by atoms with Gasteiger partial charge in [-0.25, -0.2) is 9.66 Å². The summed E-state index contributed by atoms with van der Waals surface area (Å²) in [5.41, 5.74) is 6.56. The lowest BCUT2D eigenvalue weighted by Gasteiger charge is -2.07. The van der Waals surface area contributed by atoms with E-state index < -0.39 is 0 Å². The van der Waals surface area contributed by atoms with Gasteiger partial charge in [0.25, 0.3) is 0 Å². The van der Waals surface area contributed by atoms with Crippen LogP contribution in [0, 0.1) is 6.92 Å². The van der Waals surface area contributed by atoms with Crippen LogP contribution in [0.5, 0.6) is 0 Å². The molecule has 5 heteroatoms. The van der Waals surface area contributed by atoms with E-state index in [9.17, 15) is 0 Å². The van der Waals surface area contributed by atoms with Crippen molar-refractivity contribution in [3.8, 4) is 0 Å². The van der Waals surface area contributed by atoms with Gasteiger partial charge in [0.1, 0.15) is 11.6 Å². The van der Waals surface area contributed by atoms with Crippen LogP contribution >= 0.6 is 0 Å². The number of aromatic nitrogens is 2. The topological polar surface area (TPSA) is 79.1 Å². The Kier molecular flexibility index (Phi) is 2.77. The molecule has 0 saturated heterocycles. The number of hydrogen-bond donors (Lipinski definition) is 2. The second-order valence-corrected chi connectivity index (χ2v) is 3.16. The summed E-state index contributed by atoms with van der Waals surface area (Å²) >= 11 is 0. The highest BCUT2D eigenvalue weighted by molar-refractivity contribution is 5.40. The molecule has 0 amide bonds. The van der Waals surface area contributed by atoms with Gasteiger partial charge in [-0.3, -0.25) is 0 Å². The van der Waals surface area contributed by atoms with Crippen molar-refractivity contribution in [1.29, 1.82) is 0 Å². The average molecular weight is 184 g/mol. The van der Waals surface area contributed by atoms with Gasteiger partial charge in [0.15, 0.2) is 0 Å². The maximum Gasteiger partial charge on any atom is 0.146 e. The van der Waals surface area contributed by atoms with Crippen molar-refractivity contribution in [3.05, 3.63) is 11.5 Å². The zero-order valence-corrected chi connectivity index (χ0v) is 8.24. The van der Waals surface area contributed by atoms with Crippen molar-refractivity contribution in [2.24, 2.45) is 0 Å². The molecule has 1 unspecified atom stereocenters. The van der Waals surface area contributed by atoms with Crippen molar-refractivity contribution < 1.29 is 4.74 Å². The van der Waals surface area contributed by atoms with E-state index in [1.807, 2.05) is 13.8 Å². The monoisotopic (exact) mass is 184 g/mol. The quantitative estimate of drug-likeness (QED) is 0.659. The molecule has 1 rings (SSSR count). The molecule has 5 nitrogen and oxygen atoms in total. The van der Waals surface area contributed by atoms with Crippen molar-refractivity contribution in [1.82, 2.24) is 9.66 Å². The lowest BCUT2D eigenvalue weighted by Crippen LogP contribution is -2.14. The molecule has 1 atom stereocenters. The normalized spacial score (nSPS) is 13.2. The summed E-state index contributed by atoms with van der Waals surface area (Å²) in [6, 6.07) is 0. The Morgan fingerprint density at radius 2 is 2.23 bits per heavy atom. The number of imidazole rings is 1. The molecule has 1 aromatic rings. The number of ether oxygens (including phenoxy) is 1. The molecular formula is C8H16N4O. The summed E-state index contributed by atoms with van der Waals surface area (Å²) < 4.78 is 6.41. The van der Waals surface area contributed by atoms with E-state index in [-0.39, 0.29) is 5.92 Å². The zero-order chi connectivity index (χ0) is 10.0. The summed E-state index contributed by atoms with van der Waals surface area (Å²) in [6.07, 6.45) is 0. The summed E-state index contributed by atoms with van der Waals surface area (Å²) in [7, 11) is 1.65. The van der Waals surface area contributed by atoms with Crippen LogP contribution in [-0.4, -0.2) is 23.4 Å². The molecule has 0 aromatic carbocycles. The fourth-order valence-electron chi connectivity index (χ4n) is 1.27. The molecular weight excluding hydrogens is 168 g/mol. The van der Waals surface area contributed by atoms with E-state index in [4.69, 9.17) is 16.3 Å². The maximum absolute atomic E-state index is 5.75.